The van der Waals surface area contributed by atoms with Gasteiger partial charge in [-0.3, -0.25) is 14.4 Å². The fraction of sp³-hybridized carbons (Fsp3) is 0.375. The Bertz CT molecular complexity index is 569. The van der Waals surface area contributed by atoms with Gasteiger partial charge in [-0.15, -0.1) is 0 Å². The molecule has 1 unspecified atom stereocenters. The molecule has 0 radical (unpaired) electrons. The Hall–Kier alpha value is -2.70. The smallest absolute Gasteiger partial charge is 0.326 e. The van der Waals surface area contributed by atoms with Crippen molar-refractivity contribution in [1.29, 1.82) is 0 Å². The van der Waals surface area contributed by atoms with Crippen LogP contribution in [-0.2, 0) is 14.4 Å². The lowest BCUT2D eigenvalue weighted by atomic mass is 10.1. The molecule has 0 heterocycles. The molecule has 0 aliphatic carbocycles. The van der Waals surface area contributed by atoms with E-state index in [1.165, 1.54) is 0 Å². The molecular formula is C16H19NO6. The van der Waals surface area contributed by atoms with E-state index in [2.05, 4.69) is 5.32 Å². The molecule has 0 bridgehead atoms. The first kappa shape index (κ1) is 18.3. The monoisotopic (exact) mass is 321 g/mol. The van der Waals surface area contributed by atoms with Crippen LogP contribution in [0.4, 0.5) is 0 Å². The van der Waals surface area contributed by atoms with Gasteiger partial charge in [-0.05, 0) is 12.8 Å². The van der Waals surface area contributed by atoms with Gasteiger partial charge < -0.3 is 15.5 Å². The summed E-state index contributed by atoms with van der Waals surface area (Å²) in [5, 5.41) is 19.8. The number of amides is 1. The maximum Gasteiger partial charge on any atom is 0.326 e. The second kappa shape index (κ2) is 9.34. The predicted molar refractivity (Wildman–Crippen MR) is 81.1 cm³/mol. The van der Waals surface area contributed by atoms with Gasteiger partial charge in [0, 0.05) is 24.8 Å². The number of rotatable bonds is 10. The Morgan fingerprint density at radius 1 is 0.957 bits per heavy atom. The summed E-state index contributed by atoms with van der Waals surface area (Å²) in [6.45, 7) is 0. The SMILES string of the molecule is O=C(O)CCC(NC(=O)CCCC(=O)c1ccccc1)C(=O)O. The van der Waals surface area contributed by atoms with Crippen molar-refractivity contribution < 1.29 is 29.4 Å². The molecule has 7 heteroatoms. The maximum absolute atomic E-state index is 11.8. The molecule has 7 nitrogen and oxygen atoms in total. The Labute approximate surface area is 133 Å². The molecule has 1 amide bonds. The Kier molecular flexibility index (Phi) is 7.45. The average Bonchev–Trinajstić information content (AvgIpc) is 2.51. The second-order valence-electron chi connectivity index (χ2n) is 5.03. The Morgan fingerprint density at radius 3 is 2.17 bits per heavy atom. The highest BCUT2D eigenvalue weighted by Gasteiger charge is 2.20. The van der Waals surface area contributed by atoms with E-state index in [1.807, 2.05) is 0 Å². The van der Waals surface area contributed by atoms with Gasteiger partial charge >= 0.3 is 11.9 Å². The highest BCUT2D eigenvalue weighted by Crippen LogP contribution is 2.07. The third-order valence-electron chi connectivity index (χ3n) is 3.18. The summed E-state index contributed by atoms with van der Waals surface area (Å²) < 4.78 is 0. The van der Waals surface area contributed by atoms with Gasteiger partial charge in [0.15, 0.2) is 5.78 Å². The summed E-state index contributed by atoms with van der Waals surface area (Å²) in [5.41, 5.74) is 0.567. The van der Waals surface area contributed by atoms with Crippen molar-refractivity contribution in [3.8, 4) is 0 Å². The van der Waals surface area contributed by atoms with Crippen molar-refractivity contribution in [3.63, 3.8) is 0 Å². The van der Waals surface area contributed by atoms with E-state index < -0.39 is 23.9 Å². The first-order chi connectivity index (χ1) is 10.9. The maximum atomic E-state index is 11.8. The van der Waals surface area contributed by atoms with Gasteiger partial charge in [0.1, 0.15) is 6.04 Å². The number of carbonyl (C=O) groups excluding carboxylic acids is 2. The zero-order chi connectivity index (χ0) is 17.2. The first-order valence-corrected chi connectivity index (χ1v) is 7.22. The molecule has 0 aromatic heterocycles. The molecule has 0 fully saturated rings. The van der Waals surface area contributed by atoms with Gasteiger partial charge in [0.05, 0.1) is 0 Å². The normalized spacial score (nSPS) is 11.5. The fourth-order valence-electron chi connectivity index (χ4n) is 1.97. The molecule has 124 valence electrons. The van der Waals surface area contributed by atoms with Gasteiger partial charge in [-0.2, -0.15) is 0 Å². The lowest BCUT2D eigenvalue weighted by Crippen LogP contribution is -2.41. The van der Waals surface area contributed by atoms with E-state index in [9.17, 15) is 19.2 Å². The third kappa shape index (κ3) is 7.21. The topological polar surface area (TPSA) is 121 Å². The van der Waals surface area contributed by atoms with Crippen LogP contribution in [0, 0.1) is 0 Å². The fourth-order valence-corrected chi connectivity index (χ4v) is 1.97. The number of aliphatic carboxylic acids is 2. The van der Waals surface area contributed by atoms with Crippen molar-refractivity contribution >= 4 is 23.6 Å². The van der Waals surface area contributed by atoms with Crippen molar-refractivity contribution in [1.82, 2.24) is 5.32 Å². The average molecular weight is 321 g/mol. The van der Waals surface area contributed by atoms with E-state index >= 15 is 0 Å². The number of Topliss-reactive ketones (excluding diaryl/α,β-unsaturated/α-hetero) is 1. The lowest BCUT2D eigenvalue weighted by molar-refractivity contribution is -0.143. The summed E-state index contributed by atoms with van der Waals surface area (Å²) in [6, 6.07) is 7.44. The quantitative estimate of drug-likeness (QED) is 0.561. The van der Waals surface area contributed by atoms with Gasteiger partial charge in [-0.1, -0.05) is 30.3 Å². The second-order valence-corrected chi connectivity index (χ2v) is 5.03. The number of hydrogen-bond acceptors (Lipinski definition) is 4. The standard InChI is InChI=1S/C16H19NO6/c18-13(11-5-2-1-3-6-11)7-4-8-14(19)17-12(16(22)23)9-10-15(20)21/h1-3,5-6,12H,4,7-10H2,(H,17,19)(H,20,21)(H,22,23). The summed E-state index contributed by atoms with van der Waals surface area (Å²) in [6.07, 6.45) is -0.0341. The minimum absolute atomic E-state index is 0.00935. The number of benzene rings is 1. The van der Waals surface area contributed by atoms with E-state index in [0.29, 0.717) is 12.0 Å². The molecule has 1 rings (SSSR count). The minimum Gasteiger partial charge on any atom is -0.481 e. The van der Waals surface area contributed by atoms with Crippen molar-refractivity contribution in [3.05, 3.63) is 35.9 Å². The van der Waals surface area contributed by atoms with Crippen LogP contribution < -0.4 is 5.32 Å². The van der Waals surface area contributed by atoms with Crippen molar-refractivity contribution in [2.45, 2.75) is 38.1 Å². The van der Waals surface area contributed by atoms with E-state index in [1.54, 1.807) is 30.3 Å². The van der Waals surface area contributed by atoms with Crippen molar-refractivity contribution in [2.24, 2.45) is 0 Å². The molecule has 0 aliphatic rings. The minimum atomic E-state index is -1.28. The molecule has 0 saturated carbocycles. The van der Waals surface area contributed by atoms with E-state index in [-0.39, 0.29) is 31.5 Å². The van der Waals surface area contributed by atoms with Crippen LogP contribution in [0.15, 0.2) is 30.3 Å². The highest BCUT2D eigenvalue weighted by molar-refractivity contribution is 5.96. The summed E-state index contributed by atoms with van der Waals surface area (Å²) >= 11 is 0. The predicted octanol–water partition coefficient (Wildman–Crippen LogP) is 1.47. The van der Waals surface area contributed by atoms with Crippen molar-refractivity contribution in [2.75, 3.05) is 0 Å². The molecule has 3 N–H and O–H groups in total. The van der Waals surface area contributed by atoms with E-state index in [4.69, 9.17) is 10.2 Å². The largest absolute Gasteiger partial charge is 0.481 e. The van der Waals surface area contributed by atoms with Gasteiger partial charge in [0.25, 0.3) is 0 Å². The zero-order valence-corrected chi connectivity index (χ0v) is 12.5. The number of carboxylic acids is 2. The van der Waals surface area contributed by atoms with Crippen LogP contribution in [0.3, 0.4) is 0 Å². The van der Waals surface area contributed by atoms with Crippen LogP contribution in [0.5, 0.6) is 0 Å². The molecule has 1 atom stereocenters. The lowest BCUT2D eigenvalue weighted by Gasteiger charge is -2.13. The molecule has 0 saturated heterocycles. The Morgan fingerprint density at radius 2 is 1.61 bits per heavy atom. The molecule has 0 spiro atoms. The summed E-state index contributed by atoms with van der Waals surface area (Å²) in [7, 11) is 0. The van der Waals surface area contributed by atoms with Crippen LogP contribution in [0.25, 0.3) is 0 Å². The third-order valence-corrected chi connectivity index (χ3v) is 3.18. The zero-order valence-electron chi connectivity index (χ0n) is 12.5. The van der Waals surface area contributed by atoms with Crippen LogP contribution >= 0.6 is 0 Å². The number of carbonyl (C=O) groups is 4. The number of ketones is 1. The number of carboxylic acid groups (broad SMARTS) is 2. The van der Waals surface area contributed by atoms with Crippen LogP contribution in [0.2, 0.25) is 0 Å². The summed E-state index contributed by atoms with van der Waals surface area (Å²) in [5.74, 6) is -3.00. The molecular weight excluding hydrogens is 302 g/mol. The van der Waals surface area contributed by atoms with E-state index in [0.717, 1.165) is 0 Å². The Balaban J connectivity index is 2.36. The first-order valence-electron chi connectivity index (χ1n) is 7.22. The number of hydrogen-bond donors (Lipinski definition) is 3. The van der Waals surface area contributed by atoms with Gasteiger partial charge in [0.2, 0.25) is 5.91 Å². The summed E-state index contributed by atoms with van der Waals surface area (Å²) in [4.78, 5) is 44.9. The van der Waals surface area contributed by atoms with Gasteiger partial charge in [-0.25, -0.2) is 4.79 Å². The molecule has 0 aliphatic heterocycles. The molecule has 1 aromatic rings. The highest BCUT2D eigenvalue weighted by atomic mass is 16.4. The van der Waals surface area contributed by atoms with Crippen LogP contribution in [0.1, 0.15) is 42.5 Å². The van der Waals surface area contributed by atoms with Crippen LogP contribution in [-0.4, -0.2) is 39.9 Å². The number of nitrogens with one attached hydrogen (secondary N) is 1. The molecule has 1 aromatic carbocycles. The molecule has 23 heavy (non-hydrogen) atoms.